The summed E-state index contributed by atoms with van der Waals surface area (Å²) in [5, 5.41) is 3.13. The molecule has 33 heavy (non-hydrogen) atoms. The maximum absolute atomic E-state index is 12.7. The van der Waals surface area contributed by atoms with E-state index in [1.807, 2.05) is 39.0 Å². The van der Waals surface area contributed by atoms with Crippen molar-refractivity contribution in [3.05, 3.63) is 81.8 Å². The van der Waals surface area contributed by atoms with E-state index in [2.05, 4.69) is 10.0 Å². The van der Waals surface area contributed by atoms with E-state index in [0.29, 0.717) is 17.9 Å². The minimum absolute atomic E-state index is 0.00946. The van der Waals surface area contributed by atoms with Gasteiger partial charge in [0.05, 0.1) is 20.6 Å². The van der Waals surface area contributed by atoms with Crippen molar-refractivity contribution in [3.63, 3.8) is 0 Å². The lowest BCUT2D eigenvalue weighted by molar-refractivity contribution is -0.122. The molecular formula is C24H24Cl2N2O4S. The Labute approximate surface area is 203 Å². The van der Waals surface area contributed by atoms with E-state index in [1.54, 1.807) is 12.1 Å². The maximum atomic E-state index is 12.7. The van der Waals surface area contributed by atoms with Crippen LogP contribution in [-0.2, 0) is 14.8 Å². The minimum Gasteiger partial charge on any atom is -0.480 e. The van der Waals surface area contributed by atoms with Gasteiger partial charge in [0.25, 0.3) is 15.9 Å². The monoisotopic (exact) mass is 506 g/mol. The van der Waals surface area contributed by atoms with E-state index in [4.69, 9.17) is 27.9 Å². The van der Waals surface area contributed by atoms with Crippen LogP contribution in [0.5, 0.6) is 5.75 Å². The van der Waals surface area contributed by atoms with Crippen molar-refractivity contribution in [3.8, 4) is 5.75 Å². The highest BCUT2D eigenvalue weighted by molar-refractivity contribution is 7.92. The number of ether oxygens (including phenoxy) is 1. The van der Waals surface area contributed by atoms with Gasteiger partial charge >= 0.3 is 0 Å². The number of sulfonamides is 1. The topological polar surface area (TPSA) is 84.5 Å². The summed E-state index contributed by atoms with van der Waals surface area (Å²) in [5.74, 6) is 0.335. The number of anilines is 2. The zero-order valence-electron chi connectivity index (χ0n) is 18.4. The fourth-order valence-electron chi connectivity index (χ4n) is 3.04. The fourth-order valence-corrected chi connectivity index (χ4v) is 4.51. The van der Waals surface area contributed by atoms with Gasteiger partial charge in [-0.25, -0.2) is 8.42 Å². The zero-order chi connectivity index (χ0) is 24.2. The van der Waals surface area contributed by atoms with E-state index >= 15 is 0 Å². The second kappa shape index (κ2) is 10.5. The Hall–Kier alpha value is -2.74. The highest BCUT2D eigenvalue weighted by Gasteiger charge is 2.21. The average Bonchev–Trinajstić information content (AvgIpc) is 2.77. The van der Waals surface area contributed by atoms with Crippen molar-refractivity contribution in [1.82, 2.24) is 0 Å². The number of benzene rings is 3. The van der Waals surface area contributed by atoms with E-state index in [1.165, 1.54) is 30.3 Å². The Morgan fingerprint density at radius 2 is 1.73 bits per heavy atom. The number of rotatable bonds is 8. The molecule has 0 aliphatic heterocycles. The summed E-state index contributed by atoms with van der Waals surface area (Å²) in [5.41, 5.74) is 2.60. The van der Waals surface area contributed by atoms with Crippen LogP contribution >= 0.6 is 23.2 Å². The van der Waals surface area contributed by atoms with Gasteiger partial charge < -0.3 is 10.1 Å². The first kappa shape index (κ1) is 24.9. The summed E-state index contributed by atoms with van der Waals surface area (Å²) in [4.78, 5) is 12.8. The molecule has 0 saturated carbocycles. The van der Waals surface area contributed by atoms with Crippen molar-refractivity contribution < 1.29 is 17.9 Å². The number of carbonyl (C=O) groups is 1. The predicted octanol–water partition coefficient (Wildman–Crippen LogP) is 6.21. The third kappa shape index (κ3) is 6.19. The first-order chi connectivity index (χ1) is 15.6. The summed E-state index contributed by atoms with van der Waals surface area (Å²) in [6.07, 6.45) is -0.226. The van der Waals surface area contributed by atoms with Crippen LogP contribution in [0.4, 0.5) is 11.4 Å². The van der Waals surface area contributed by atoms with Gasteiger partial charge in [-0.15, -0.1) is 0 Å². The fraction of sp³-hybridized carbons (Fsp3) is 0.208. The molecule has 0 aliphatic carbocycles. The SMILES string of the molecule is CC[C@@H](Oc1cc(C)ccc1C)C(=O)Nc1ccc(S(=O)(=O)Nc2cccc(Cl)c2Cl)cc1. The standard InChI is InChI=1S/C24H24Cl2N2O4S/c1-4-21(32-22-14-15(2)8-9-16(22)3)24(29)27-17-10-12-18(13-11-17)33(30,31)28-20-7-5-6-19(25)23(20)26/h5-14,21,28H,4H2,1-3H3,(H,27,29)/t21-/m1/s1. The van der Waals surface area contributed by atoms with Crippen LogP contribution in [0, 0.1) is 13.8 Å². The van der Waals surface area contributed by atoms with E-state index in [-0.39, 0.29) is 26.5 Å². The van der Waals surface area contributed by atoms with E-state index < -0.39 is 16.1 Å². The Kier molecular flexibility index (Phi) is 7.89. The Morgan fingerprint density at radius 3 is 2.39 bits per heavy atom. The molecule has 6 nitrogen and oxygen atoms in total. The Bertz CT molecular complexity index is 1260. The predicted molar refractivity (Wildman–Crippen MR) is 133 cm³/mol. The summed E-state index contributed by atoms with van der Waals surface area (Å²) >= 11 is 12.0. The molecule has 3 aromatic carbocycles. The molecule has 0 aromatic heterocycles. The molecule has 9 heteroatoms. The van der Waals surface area contributed by atoms with Crippen LogP contribution in [0.15, 0.2) is 65.6 Å². The van der Waals surface area contributed by atoms with Crippen LogP contribution in [0.3, 0.4) is 0 Å². The van der Waals surface area contributed by atoms with E-state index in [9.17, 15) is 13.2 Å². The summed E-state index contributed by atoms with van der Waals surface area (Å²) in [6, 6.07) is 16.3. The number of carbonyl (C=O) groups excluding carboxylic acids is 1. The lowest BCUT2D eigenvalue weighted by Gasteiger charge is -2.19. The summed E-state index contributed by atoms with van der Waals surface area (Å²) < 4.78 is 33.7. The molecule has 174 valence electrons. The number of hydrogen-bond acceptors (Lipinski definition) is 4. The molecule has 3 aromatic rings. The lowest BCUT2D eigenvalue weighted by atomic mass is 10.1. The van der Waals surface area contributed by atoms with Crippen LogP contribution in [-0.4, -0.2) is 20.4 Å². The van der Waals surface area contributed by atoms with Gasteiger partial charge in [0.1, 0.15) is 5.75 Å². The average molecular weight is 507 g/mol. The number of hydrogen-bond donors (Lipinski definition) is 2. The van der Waals surface area contributed by atoms with Gasteiger partial charge in [-0.2, -0.15) is 0 Å². The molecule has 2 N–H and O–H groups in total. The third-order valence-electron chi connectivity index (χ3n) is 4.90. The van der Waals surface area contributed by atoms with Gasteiger partial charge in [-0.3, -0.25) is 9.52 Å². The molecule has 3 rings (SSSR count). The minimum atomic E-state index is -3.90. The van der Waals surface area contributed by atoms with Crippen molar-refractivity contribution in [2.45, 2.75) is 38.2 Å². The summed E-state index contributed by atoms with van der Waals surface area (Å²) in [6.45, 7) is 5.74. The van der Waals surface area contributed by atoms with Gasteiger partial charge in [0.2, 0.25) is 0 Å². The lowest BCUT2D eigenvalue weighted by Crippen LogP contribution is -2.32. The normalized spacial score (nSPS) is 12.2. The first-order valence-electron chi connectivity index (χ1n) is 10.2. The molecule has 0 unspecified atom stereocenters. The smallest absolute Gasteiger partial charge is 0.265 e. The van der Waals surface area contributed by atoms with Gasteiger partial charge in [0, 0.05) is 5.69 Å². The molecule has 1 atom stereocenters. The van der Waals surface area contributed by atoms with Gasteiger partial charge in [0.15, 0.2) is 6.10 Å². The molecule has 0 radical (unpaired) electrons. The second-order valence-electron chi connectivity index (χ2n) is 7.50. The Balaban J connectivity index is 1.70. The molecular weight excluding hydrogens is 483 g/mol. The highest BCUT2D eigenvalue weighted by Crippen LogP contribution is 2.31. The molecule has 1 amide bonds. The molecule has 0 aliphatic rings. The van der Waals surface area contributed by atoms with Crippen LogP contribution in [0.1, 0.15) is 24.5 Å². The molecule has 0 fully saturated rings. The molecule has 0 saturated heterocycles. The third-order valence-corrected chi connectivity index (χ3v) is 7.10. The number of nitrogens with one attached hydrogen (secondary N) is 2. The largest absolute Gasteiger partial charge is 0.480 e. The second-order valence-corrected chi connectivity index (χ2v) is 9.97. The Morgan fingerprint density at radius 1 is 1.03 bits per heavy atom. The highest BCUT2D eigenvalue weighted by atomic mass is 35.5. The molecule has 0 bridgehead atoms. The van der Waals surface area contributed by atoms with Crippen molar-refractivity contribution >= 4 is 50.5 Å². The van der Waals surface area contributed by atoms with Crippen molar-refractivity contribution in [2.75, 3.05) is 10.0 Å². The van der Waals surface area contributed by atoms with Gasteiger partial charge in [-0.05, 0) is 73.9 Å². The summed E-state index contributed by atoms with van der Waals surface area (Å²) in [7, 11) is -3.90. The van der Waals surface area contributed by atoms with Crippen LogP contribution in [0.2, 0.25) is 10.0 Å². The number of aryl methyl sites for hydroxylation is 2. The van der Waals surface area contributed by atoms with Crippen LogP contribution < -0.4 is 14.8 Å². The van der Waals surface area contributed by atoms with Crippen LogP contribution in [0.25, 0.3) is 0 Å². The zero-order valence-corrected chi connectivity index (χ0v) is 20.7. The molecule has 0 spiro atoms. The van der Waals surface area contributed by atoms with Crippen molar-refractivity contribution in [2.24, 2.45) is 0 Å². The maximum Gasteiger partial charge on any atom is 0.265 e. The number of halogens is 2. The first-order valence-corrected chi connectivity index (χ1v) is 12.5. The molecule has 0 heterocycles. The van der Waals surface area contributed by atoms with Crippen molar-refractivity contribution in [1.29, 1.82) is 0 Å². The van der Waals surface area contributed by atoms with Gasteiger partial charge in [-0.1, -0.05) is 48.3 Å². The quantitative estimate of drug-likeness (QED) is 0.380. The number of amides is 1. The van der Waals surface area contributed by atoms with E-state index in [0.717, 1.165) is 11.1 Å².